The first kappa shape index (κ1) is 13.3. The van der Waals surface area contributed by atoms with Crippen LogP contribution in [0.1, 0.15) is 12.5 Å². The van der Waals surface area contributed by atoms with E-state index in [2.05, 4.69) is 5.32 Å². The van der Waals surface area contributed by atoms with Gasteiger partial charge in [0.15, 0.2) is 11.5 Å². The Balaban J connectivity index is 2.44. The molecule has 0 atom stereocenters. The van der Waals surface area contributed by atoms with Gasteiger partial charge in [0.25, 0.3) is 0 Å². The predicted molar refractivity (Wildman–Crippen MR) is 63.0 cm³/mol. The standard InChI is InChI=1S/C12H17NO4/c1-3-17-12(15)8-13-7-9-4-5-10(14)11(6-9)16-2/h4-6,13-14H,3,7-8H2,1-2H3. The fourth-order valence-corrected chi connectivity index (χ4v) is 1.35. The molecule has 0 spiro atoms. The first-order valence-corrected chi connectivity index (χ1v) is 5.39. The maximum Gasteiger partial charge on any atom is 0.319 e. The summed E-state index contributed by atoms with van der Waals surface area (Å²) in [5.74, 6) is 0.236. The van der Waals surface area contributed by atoms with Crippen molar-refractivity contribution in [3.63, 3.8) is 0 Å². The van der Waals surface area contributed by atoms with Gasteiger partial charge in [-0.3, -0.25) is 4.79 Å². The van der Waals surface area contributed by atoms with Crippen molar-refractivity contribution in [2.24, 2.45) is 0 Å². The van der Waals surface area contributed by atoms with Gasteiger partial charge in [0.2, 0.25) is 0 Å². The molecular weight excluding hydrogens is 222 g/mol. The molecule has 5 nitrogen and oxygen atoms in total. The zero-order valence-corrected chi connectivity index (χ0v) is 10.0. The Bertz CT molecular complexity index is 379. The molecule has 1 aromatic rings. The highest BCUT2D eigenvalue weighted by atomic mass is 16.5. The van der Waals surface area contributed by atoms with E-state index in [1.807, 2.05) is 0 Å². The molecule has 0 unspecified atom stereocenters. The average Bonchev–Trinajstić information content (AvgIpc) is 2.31. The fourth-order valence-electron chi connectivity index (χ4n) is 1.35. The van der Waals surface area contributed by atoms with Gasteiger partial charge in [-0.25, -0.2) is 0 Å². The average molecular weight is 239 g/mol. The van der Waals surface area contributed by atoms with Crippen molar-refractivity contribution in [1.29, 1.82) is 0 Å². The van der Waals surface area contributed by atoms with Gasteiger partial charge in [-0.05, 0) is 24.6 Å². The molecule has 94 valence electrons. The van der Waals surface area contributed by atoms with Crippen LogP contribution in [-0.2, 0) is 16.1 Å². The molecule has 0 aliphatic heterocycles. The SMILES string of the molecule is CCOC(=O)CNCc1ccc(O)c(OC)c1. The number of phenolic OH excluding ortho intramolecular Hbond substituents is 1. The van der Waals surface area contributed by atoms with Crippen molar-refractivity contribution in [3.05, 3.63) is 23.8 Å². The highest BCUT2D eigenvalue weighted by molar-refractivity contribution is 5.71. The smallest absolute Gasteiger partial charge is 0.319 e. The molecule has 2 N–H and O–H groups in total. The van der Waals surface area contributed by atoms with Crippen molar-refractivity contribution >= 4 is 5.97 Å². The summed E-state index contributed by atoms with van der Waals surface area (Å²) in [7, 11) is 1.49. The summed E-state index contributed by atoms with van der Waals surface area (Å²) in [6, 6.07) is 5.03. The van der Waals surface area contributed by atoms with Crippen LogP contribution in [0.4, 0.5) is 0 Å². The molecular formula is C12H17NO4. The van der Waals surface area contributed by atoms with E-state index in [0.29, 0.717) is 18.9 Å². The van der Waals surface area contributed by atoms with Gasteiger partial charge in [0.05, 0.1) is 20.3 Å². The molecule has 5 heteroatoms. The van der Waals surface area contributed by atoms with E-state index in [1.54, 1.807) is 25.1 Å². The third-order valence-corrected chi connectivity index (χ3v) is 2.15. The normalized spacial score (nSPS) is 10.0. The monoisotopic (exact) mass is 239 g/mol. The molecule has 0 bridgehead atoms. The lowest BCUT2D eigenvalue weighted by Gasteiger charge is -2.07. The number of esters is 1. The number of ether oxygens (including phenoxy) is 2. The number of hydrogen-bond acceptors (Lipinski definition) is 5. The van der Waals surface area contributed by atoms with Crippen molar-refractivity contribution in [3.8, 4) is 11.5 Å². The number of rotatable bonds is 6. The van der Waals surface area contributed by atoms with E-state index in [9.17, 15) is 9.90 Å². The Morgan fingerprint density at radius 3 is 2.88 bits per heavy atom. The number of phenols is 1. The van der Waals surface area contributed by atoms with E-state index >= 15 is 0 Å². The van der Waals surface area contributed by atoms with Crippen LogP contribution < -0.4 is 10.1 Å². The number of hydrogen-bond donors (Lipinski definition) is 2. The van der Waals surface area contributed by atoms with Crippen molar-refractivity contribution < 1.29 is 19.4 Å². The molecule has 0 fully saturated rings. The third-order valence-electron chi connectivity index (χ3n) is 2.15. The first-order valence-electron chi connectivity index (χ1n) is 5.39. The van der Waals surface area contributed by atoms with Crippen LogP contribution >= 0.6 is 0 Å². The number of nitrogens with one attached hydrogen (secondary N) is 1. The van der Waals surface area contributed by atoms with Crippen LogP contribution in [0.2, 0.25) is 0 Å². The summed E-state index contributed by atoms with van der Waals surface area (Å²) in [6.45, 7) is 2.82. The molecule has 0 saturated carbocycles. The van der Waals surface area contributed by atoms with Gasteiger partial charge in [-0.15, -0.1) is 0 Å². The predicted octanol–water partition coefficient (Wildman–Crippen LogP) is 1.05. The number of carbonyl (C=O) groups is 1. The Morgan fingerprint density at radius 2 is 2.24 bits per heavy atom. The van der Waals surface area contributed by atoms with Crippen molar-refractivity contribution in [2.45, 2.75) is 13.5 Å². The molecule has 0 radical (unpaired) electrons. The van der Waals surface area contributed by atoms with Crippen LogP contribution in [0.5, 0.6) is 11.5 Å². The van der Waals surface area contributed by atoms with Gasteiger partial charge in [0.1, 0.15) is 0 Å². The second kappa shape index (κ2) is 6.75. The molecule has 0 saturated heterocycles. The second-order valence-electron chi connectivity index (χ2n) is 3.41. The summed E-state index contributed by atoms with van der Waals surface area (Å²) in [6.07, 6.45) is 0. The lowest BCUT2D eigenvalue weighted by molar-refractivity contribution is -0.142. The second-order valence-corrected chi connectivity index (χ2v) is 3.41. The Kier molecular flexibility index (Phi) is 5.29. The fraction of sp³-hybridized carbons (Fsp3) is 0.417. The maximum absolute atomic E-state index is 11.1. The van der Waals surface area contributed by atoms with Crippen LogP contribution in [0.15, 0.2) is 18.2 Å². The largest absolute Gasteiger partial charge is 0.504 e. The minimum atomic E-state index is -0.279. The summed E-state index contributed by atoms with van der Waals surface area (Å²) in [4.78, 5) is 11.1. The zero-order valence-electron chi connectivity index (χ0n) is 10.0. The van der Waals surface area contributed by atoms with Gasteiger partial charge >= 0.3 is 5.97 Å². The molecule has 0 heterocycles. The topological polar surface area (TPSA) is 67.8 Å². The quantitative estimate of drug-likeness (QED) is 0.726. The zero-order chi connectivity index (χ0) is 12.7. The lowest BCUT2D eigenvalue weighted by atomic mass is 10.2. The van der Waals surface area contributed by atoms with Crippen LogP contribution in [-0.4, -0.2) is 31.3 Å². The van der Waals surface area contributed by atoms with Gasteiger partial charge in [-0.1, -0.05) is 6.07 Å². The van der Waals surface area contributed by atoms with E-state index in [1.165, 1.54) is 7.11 Å². The molecule has 0 aliphatic carbocycles. The number of aromatic hydroxyl groups is 1. The van der Waals surface area contributed by atoms with E-state index < -0.39 is 0 Å². The van der Waals surface area contributed by atoms with Gasteiger partial charge in [-0.2, -0.15) is 0 Å². The van der Waals surface area contributed by atoms with E-state index in [4.69, 9.17) is 9.47 Å². The Labute approximate surface area is 100 Å². The summed E-state index contributed by atoms with van der Waals surface area (Å²) in [5.41, 5.74) is 0.920. The van der Waals surface area contributed by atoms with Crippen LogP contribution in [0, 0.1) is 0 Å². The summed E-state index contributed by atoms with van der Waals surface area (Å²) >= 11 is 0. The highest BCUT2D eigenvalue weighted by Crippen LogP contribution is 2.25. The minimum absolute atomic E-state index is 0.0987. The van der Waals surface area contributed by atoms with Gasteiger partial charge in [0, 0.05) is 6.54 Å². The highest BCUT2D eigenvalue weighted by Gasteiger charge is 2.04. The maximum atomic E-state index is 11.1. The molecule has 0 amide bonds. The summed E-state index contributed by atoms with van der Waals surface area (Å²) < 4.78 is 9.76. The lowest BCUT2D eigenvalue weighted by Crippen LogP contribution is -2.24. The number of methoxy groups -OCH3 is 1. The Hall–Kier alpha value is -1.75. The Morgan fingerprint density at radius 1 is 1.47 bits per heavy atom. The van der Waals surface area contributed by atoms with Crippen LogP contribution in [0.3, 0.4) is 0 Å². The number of carbonyl (C=O) groups excluding carboxylic acids is 1. The van der Waals surface area contributed by atoms with Crippen molar-refractivity contribution in [1.82, 2.24) is 5.32 Å². The molecule has 1 rings (SSSR count). The van der Waals surface area contributed by atoms with Crippen LogP contribution in [0.25, 0.3) is 0 Å². The molecule has 1 aromatic carbocycles. The third kappa shape index (κ3) is 4.32. The molecule has 0 aliphatic rings. The summed E-state index contributed by atoms with van der Waals surface area (Å²) in [5, 5.41) is 12.3. The van der Waals surface area contributed by atoms with Crippen molar-refractivity contribution in [2.75, 3.05) is 20.3 Å². The van der Waals surface area contributed by atoms with Gasteiger partial charge < -0.3 is 19.9 Å². The first-order chi connectivity index (χ1) is 8.17. The van der Waals surface area contributed by atoms with E-state index in [0.717, 1.165) is 5.56 Å². The number of benzene rings is 1. The molecule has 0 aromatic heterocycles. The minimum Gasteiger partial charge on any atom is -0.504 e. The van der Waals surface area contributed by atoms with E-state index in [-0.39, 0.29) is 18.3 Å². The molecule has 17 heavy (non-hydrogen) atoms.